The fourth-order valence-corrected chi connectivity index (χ4v) is 2.64. The number of carbonyl (C=O) groups is 1. The third kappa shape index (κ3) is 3.69. The largest absolute Gasteiger partial charge is 0.322 e. The third-order valence-corrected chi connectivity index (χ3v) is 3.96. The van der Waals surface area contributed by atoms with Gasteiger partial charge in [0.1, 0.15) is 6.07 Å². The minimum atomic E-state index is -1.25. The van der Waals surface area contributed by atoms with Crippen LogP contribution in [0.5, 0.6) is 0 Å². The van der Waals surface area contributed by atoms with Crippen molar-refractivity contribution in [3.8, 4) is 6.07 Å². The van der Waals surface area contributed by atoms with E-state index in [-0.39, 0.29) is 11.5 Å². The topological polar surface area (TPSA) is 70.0 Å². The Kier molecular flexibility index (Phi) is 4.73. The molecular weight excluding hydrogens is 308 g/mol. The average molecular weight is 319 g/mol. The first kappa shape index (κ1) is 15.2. The van der Waals surface area contributed by atoms with E-state index in [0.717, 1.165) is 0 Å². The molecule has 2 aromatic rings. The van der Waals surface area contributed by atoms with E-state index in [1.54, 1.807) is 36.4 Å². The zero-order valence-electron chi connectivity index (χ0n) is 11.1. The van der Waals surface area contributed by atoms with Crippen molar-refractivity contribution in [2.75, 3.05) is 11.6 Å². The quantitative estimate of drug-likeness (QED) is 0.944. The summed E-state index contributed by atoms with van der Waals surface area (Å²) in [6.07, 6.45) is 1.50. The molecular formula is C15H11ClN2O2S. The summed E-state index contributed by atoms with van der Waals surface area (Å²) < 4.78 is 11.5. The number of rotatable bonds is 3. The van der Waals surface area contributed by atoms with Crippen molar-refractivity contribution in [1.29, 1.82) is 5.26 Å². The van der Waals surface area contributed by atoms with Crippen LogP contribution in [0.25, 0.3) is 0 Å². The van der Waals surface area contributed by atoms with Crippen LogP contribution in [0, 0.1) is 11.3 Å². The molecule has 0 aliphatic heterocycles. The van der Waals surface area contributed by atoms with E-state index in [4.69, 9.17) is 16.9 Å². The van der Waals surface area contributed by atoms with Crippen molar-refractivity contribution in [3.63, 3.8) is 0 Å². The summed E-state index contributed by atoms with van der Waals surface area (Å²) in [6, 6.07) is 13.2. The van der Waals surface area contributed by atoms with Crippen LogP contribution in [0.2, 0.25) is 5.02 Å². The summed E-state index contributed by atoms with van der Waals surface area (Å²) in [5, 5.41) is 12.2. The summed E-state index contributed by atoms with van der Waals surface area (Å²) in [4.78, 5) is 12.5. The molecule has 2 aromatic carbocycles. The molecule has 21 heavy (non-hydrogen) atoms. The summed E-state index contributed by atoms with van der Waals surface area (Å²) in [7, 11) is -1.25. The number of nitriles is 1. The highest BCUT2D eigenvalue weighted by molar-refractivity contribution is 7.84. The second kappa shape index (κ2) is 6.53. The molecule has 6 heteroatoms. The molecule has 1 N–H and O–H groups in total. The molecule has 0 heterocycles. The van der Waals surface area contributed by atoms with E-state index in [1.165, 1.54) is 12.3 Å². The minimum absolute atomic E-state index is 0.278. The van der Waals surface area contributed by atoms with Gasteiger partial charge in [-0.05, 0) is 36.4 Å². The molecule has 0 radical (unpaired) electrons. The zero-order chi connectivity index (χ0) is 15.4. The van der Waals surface area contributed by atoms with Crippen molar-refractivity contribution < 1.29 is 9.00 Å². The number of halogens is 1. The summed E-state index contributed by atoms with van der Waals surface area (Å²) in [6.45, 7) is 0. The van der Waals surface area contributed by atoms with Crippen LogP contribution >= 0.6 is 11.6 Å². The highest BCUT2D eigenvalue weighted by atomic mass is 35.5. The molecule has 0 spiro atoms. The highest BCUT2D eigenvalue weighted by Gasteiger charge is 2.10. The van der Waals surface area contributed by atoms with Gasteiger partial charge in [0, 0.05) is 22.5 Å². The molecule has 1 amide bonds. The Morgan fingerprint density at radius 1 is 1.29 bits per heavy atom. The molecule has 0 aliphatic carbocycles. The first-order valence-electron chi connectivity index (χ1n) is 5.96. The standard InChI is InChI=1S/C15H11ClN2O2S/c1-21(20)14-6-5-13(8-11(14)9-17)18-15(19)10-3-2-4-12(16)7-10/h2-8H,1H3,(H,18,19)/t21-/m1/s1. The lowest BCUT2D eigenvalue weighted by atomic mass is 10.2. The van der Waals surface area contributed by atoms with Crippen molar-refractivity contribution >= 4 is 34.0 Å². The predicted octanol–water partition coefficient (Wildman–Crippen LogP) is 3.20. The van der Waals surface area contributed by atoms with Gasteiger partial charge in [-0.15, -0.1) is 0 Å². The highest BCUT2D eigenvalue weighted by Crippen LogP contribution is 2.19. The number of carbonyl (C=O) groups excluding carboxylic acids is 1. The summed E-state index contributed by atoms with van der Waals surface area (Å²) >= 11 is 5.84. The predicted molar refractivity (Wildman–Crippen MR) is 82.9 cm³/mol. The van der Waals surface area contributed by atoms with Crippen LogP contribution in [0.15, 0.2) is 47.4 Å². The van der Waals surface area contributed by atoms with E-state index >= 15 is 0 Å². The Labute approximate surface area is 129 Å². The van der Waals surface area contributed by atoms with Gasteiger partial charge in [0.25, 0.3) is 5.91 Å². The minimum Gasteiger partial charge on any atom is -0.322 e. The third-order valence-electron chi connectivity index (χ3n) is 2.75. The number of benzene rings is 2. The van der Waals surface area contributed by atoms with Crippen molar-refractivity contribution in [2.45, 2.75) is 4.90 Å². The van der Waals surface area contributed by atoms with Gasteiger partial charge in [0.05, 0.1) is 21.3 Å². The Balaban J connectivity index is 2.26. The molecule has 0 bridgehead atoms. The van der Waals surface area contributed by atoms with E-state index in [9.17, 15) is 9.00 Å². The van der Waals surface area contributed by atoms with Crippen LogP contribution in [0.4, 0.5) is 5.69 Å². The van der Waals surface area contributed by atoms with Crippen LogP contribution in [-0.2, 0) is 10.8 Å². The first-order valence-corrected chi connectivity index (χ1v) is 7.89. The molecule has 2 rings (SSSR count). The second-order valence-electron chi connectivity index (χ2n) is 4.24. The van der Waals surface area contributed by atoms with Crippen molar-refractivity contribution in [1.82, 2.24) is 0 Å². The van der Waals surface area contributed by atoms with Crippen molar-refractivity contribution in [2.24, 2.45) is 0 Å². The second-order valence-corrected chi connectivity index (χ2v) is 6.03. The maximum Gasteiger partial charge on any atom is 0.255 e. The normalized spacial score (nSPS) is 11.5. The lowest BCUT2D eigenvalue weighted by Crippen LogP contribution is -2.12. The number of anilines is 1. The van der Waals surface area contributed by atoms with Gasteiger partial charge in [-0.3, -0.25) is 9.00 Å². The number of hydrogen-bond acceptors (Lipinski definition) is 3. The van der Waals surface area contributed by atoms with Gasteiger partial charge in [-0.25, -0.2) is 0 Å². The van der Waals surface area contributed by atoms with Gasteiger partial charge in [0.15, 0.2) is 0 Å². The van der Waals surface area contributed by atoms with E-state index in [2.05, 4.69) is 5.32 Å². The first-order chi connectivity index (χ1) is 10.0. The van der Waals surface area contributed by atoms with Gasteiger partial charge in [-0.1, -0.05) is 17.7 Å². The number of amides is 1. The molecule has 0 saturated carbocycles. The van der Waals surface area contributed by atoms with Crippen LogP contribution < -0.4 is 5.32 Å². The Bertz CT molecular complexity index is 769. The van der Waals surface area contributed by atoms with E-state index in [0.29, 0.717) is 21.2 Å². The average Bonchev–Trinajstić information content (AvgIpc) is 2.46. The summed E-state index contributed by atoms with van der Waals surface area (Å²) in [5.41, 5.74) is 1.16. The fraction of sp³-hybridized carbons (Fsp3) is 0.0667. The van der Waals surface area contributed by atoms with Crippen LogP contribution in [-0.4, -0.2) is 16.4 Å². The number of hydrogen-bond donors (Lipinski definition) is 1. The Hall–Kier alpha value is -2.16. The van der Waals surface area contributed by atoms with Crippen LogP contribution in [0.3, 0.4) is 0 Å². The molecule has 1 atom stereocenters. The van der Waals surface area contributed by atoms with E-state index < -0.39 is 10.8 Å². The fourth-order valence-electron chi connectivity index (χ4n) is 1.78. The lowest BCUT2D eigenvalue weighted by molar-refractivity contribution is 0.102. The van der Waals surface area contributed by atoms with Gasteiger partial charge in [-0.2, -0.15) is 5.26 Å². The molecule has 106 valence electrons. The zero-order valence-corrected chi connectivity index (χ0v) is 12.7. The maximum atomic E-state index is 12.1. The molecule has 0 aliphatic rings. The monoisotopic (exact) mass is 318 g/mol. The Morgan fingerprint density at radius 3 is 2.67 bits per heavy atom. The van der Waals surface area contributed by atoms with Gasteiger partial charge >= 0.3 is 0 Å². The molecule has 0 unspecified atom stereocenters. The summed E-state index contributed by atoms with van der Waals surface area (Å²) in [5.74, 6) is -0.327. The molecule has 0 aromatic heterocycles. The van der Waals surface area contributed by atoms with Crippen LogP contribution in [0.1, 0.15) is 15.9 Å². The van der Waals surface area contributed by atoms with Crippen molar-refractivity contribution in [3.05, 3.63) is 58.6 Å². The SMILES string of the molecule is C[S@@](=O)c1ccc(NC(=O)c2cccc(Cl)c2)cc1C#N. The molecule has 0 saturated heterocycles. The molecule has 4 nitrogen and oxygen atoms in total. The lowest BCUT2D eigenvalue weighted by Gasteiger charge is -2.07. The van der Waals surface area contributed by atoms with Gasteiger partial charge < -0.3 is 5.32 Å². The Morgan fingerprint density at radius 2 is 2.05 bits per heavy atom. The number of nitrogens with zero attached hydrogens (tertiary/aromatic N) is 1. The number of nitrogens with one attached hydrogen (secondary N) is 1. The smallest absolute Gasteiger partial charge is 0.255 e. The maximum absolute atomic E-state index is 12.1. The molecule has 0 fully saturated rings. The van der Waals surface area contributed by atoms with Gasteiger partial charge in [0.2, 0.25) is 0 Å². The van der Waals surface area contributed by atoms with E-state index in [1.807, 2.05) is 6.07 Å².